The van der Waals surface area contributed by atoms with Crippen molar-refractivity contribution in [3.8, 4) is 61.8 Å². The van der Waals surface area contributed by atoms with Crippen LogP contribution in [0, 0.1) is 0 Å². The average Bonchev–Trinajstić information content (AvgIpc) is 1.60. The van der Waals surface area contributed by atoms with Gasteiger partial charge in [0.2, 0.25) is 0 Å². The second-order valence-corrected chi connectivity index (χ2v) is 27.6. The first-order chi connectivity index (χ1) is 43.5. The second kappa shape index (κ2) is 21.5. The molecule has 0 radical (unpaired) electrons. The number of rotatable bonds is 10. The number of nitrogens with zero attached hydrogens (tertiary/aromatic N) is 4. The number of anilines is 4. The van der Waals surface area contributed by atoms with Crippen LogP contribution < -0.4 is 14.5 Å². The third-order valence-corrected chi connectivity index (χ3v) is 18.9. The Morgan fingerprint density at radius 3 is 1.50 bits per heavy atom. The zero-order valence-corrected chi connectivity index (χ0v) is 52.9. The Hall–Kier alpha value is -10.2. The largest absolute Gasteiger partial charge is 0.457 e. The predicted molar refractivity (Wildman–Crippen MR) is 377 cm³/mol. The van der Waals surface area contributed by atoms with Crippen LogP contribution in [0.1, 0.15) is 101 Å². The second-order valence-electron chi connectivity index (χ2n) is 27.6. The van der Waals surface area contributed by atoms with E-state index in [9.17, 15) is 0 Å². The molecule has 13 aromatic rings. The molecule has 0 amide bonds. The van der Waals surface area contributed by atoms with Gasteiger partial charge in [0.15, 0.2) is 0 Å². The van der Waals surface area contributed by atoms with Crippen molar-refractivity contribution in [2.45, 2.75) is 84.0 Å². The van der Waals surface area contributed by atoms with Gasteiger partial charge in [-0.25, -0.2) is 4.98 Å². The SMILES string of the molecule is CC(C)(C)c1ccc(C2(c3cc(Oc4ccc5c6cccc(-c7ccccc7)c6n(-c6cc(C(C)(C)C)ccn6)c5c4)cc(N4CN(c5c(-c6ccccc6)cc(C(C)(C)C)cc5-c5ccccc5)c5ccccc54)c3)c3ccccc3-c3ccccc32)cc1. The quantitative estimate of drug-likeness (QED) is 0.137. The Morgan fingerprint density at radius 1 is 0.378 bits per heavy atom. The predicted octanol–water partition coefficient (Wildman–Crippen LogP) is 22.5. The third kappa shape index (κ3) is 9.49. The van der Waals surface area contributed by atoms with Crippen LogP contribution in [-0.4, -0.2) is 16.2 Å². The van der Waals surface area contributed by atoms with Crippen molar-refractivity contribution in [1.29, 1.82) is 0 Å². The van der Waals surface area contributed by atoms with Crippen LogP contribution in [0.2, 0.25) is 0 Å². The summed E-state index contributed by atoms with van der Waals surface area (Å²) in [5, 5.41) is 2.28. The first-order valence-corrected chi connectivity index (χ1v) is 31.7. The van der Waals surface area contributed by atoms with E-state index < -0.39 is 5.41 Å². The highest BCUT2D eigenvalue weighted by atomic mass is 16.5. The van der Waals surface area contributed by atoms with Gasteiger partial charge >= 0.3 is 0 Å². The molecule has 1 aliphatic carbocycles. The van der Waals surface area contributed by atoms with Crippen molar-refractivity contribution in [1.82, 2.24) is 9.55 Å². The molecule has 0 N–H and O–H groups in total. The molecular weight excluding hydrogens is 1090 g/mol. The lowest BCUT2D eigenvalue weighted by Crippen LogP contribution is -2.30. The number of hydrogen-bond acceptors (Lipinski definition) is 4. The van der Waals surface area contributed by atoms with E-state index in [2.05, 4.69) is 344 Å². The van der Waals surface area contributed by atoms with Gasteiger partial charge in [-0.05, 0) is 144 Å². The molecule has 15 rings (SSSR count). The van der Waals surface area contributed by atoms with Gasteiger partial charge in [0.25, 0.3) is 0 Å². The Kier molecular flexibility index (Phi) is 13.5. The van der Waals surface area contributed by atoms with Crippen molar-refractivity contribution >= 4 is 44.6 Å². The average molecular weight is 1170 g/mol. The highest BCUT2D eigenvalue weighted by molar-refractivity contribution is 6.14. The molecule has 5 heteroatoms. The van der Waals surface area contributed by atoms with Crippen LogP contribution in [-0.2, 0) is 21.7 Å². The van der Waals surface area contributed by atoms with Gasteiger partial charge in [0, 0.05) is 51.5 Å². The maximum Gasteiger partial charge on any atom is 0.137 e. The fourth-order valence-electron chi connectivity index (χ4n) is 14.3. The van der Waals surface area contributed by atoms with Gasteiger partial charge in [-0.15, -0.1) is 0 Å². The van der Waals surface area contributed by atoms with Gasteiger partial charge in [-0.2, -0.15) is 0 Å². The van der Waals surface area contributed by atoms with Crippen LogP contribution in [0.15, 0.2) is 273 Å². The molecule has 0 saturated carbocycles. The summed E-state index contributed by atoms with van der Waals surface area (Å²) in [6, 6.07) is 98.8. The number of ether oxygens (including phenoxy) is 1. The molecule has 90 heavy (non-hydrogen) atoms. The monoisotopic (exact) mass is 1170 g/mol. The Morgan fingerprint density at radius 2 is 0.911 bits per heavy atom. The summed E-state index contributed by atoms with van der Waals surface area (Å²) >= 11 is 0. The molecule has 0 saturated heterocycles. The van der Waals surface area contributed by atoms with Gasteiger partial charge < -0.3 is 14.5 Å². The number of aromatic nitrogens is 2. The highest BCUT2D eigenvalue weighted by Gasteiger charge is 2.47. The molecule has 3 heterocycles. The number of hydrogen-bond donors (Lipinski definition) is 0. The van der Waals surface area contributed by atoms with E-state index in [4.69, 9.17) is 9.72 Å². The van der Waals surface area contributed by atoms with Crippen molar-refractivity contribution in [2.75, 3.05) is 16.5 Å². The standard InChI is InChI=1S/C85H74N4O/c1-82(2,3)59-40-42-60(43-41-59)85(74-36-21-19-32-68(74)69-33-20-22-37-75(69)85)63-48-64(87-55-88(77-39-24-23-38-76(77)87)80-72(57-28-15-11-16-29-57)50-62(84(7,8)9)51-73(80)58-30-17-12-18-31-58)53-66(49-63)90-65-44-45-70-71-35-25-34-67(56-26-13-10-14-27-56)81(71)89(78(70)54-65)79-52-61(46-47-86-79)83(4,5)6/h10-54H,55H2,1-9H3. The van der Waals surface area contributed by atoms with E-state index >= 15 is 0 Å². The van der Waals surface area contributed by atoms with Gasteiger partial charge in [-0.1, -0.05) is 256 Å². The molecule has 0 bridgehead atoms. The molecule has 440 valence electrons. The molecule has 0 fully saturated rings. The van der Waals surface area contributed by atoms with Crippen molar-refractivity contribution in [3.63, 3.8) is 0 Å². The first-order valence-electron chi connectivity index (χ1n) is 31.7. The van der Waals surface area contributed by atoms with E-state index in [-0.39, 0.29) is 16.2 Å². The van der Waals surface area contributed by atoms with Gasteiger partial charge in [-0.3, -0.25) is 4.57 Å². The summed E-state index contributed by atoms with van der Waals surface area (Å²) < 4.78 is 9.97. The molecule has 0 atom stereocenters. The molecular formula is C85H74N4O. The number of benzene rings is 11. The molecule has 0 spiro atoms. The topological polar surface area (TPSA) is 33.5 Å². The third-order valence-electron chi connectivity index (χ3n) is 18.9. The van der Waals surface area contributed by atoms with E-state index in [0.29, 0.717) is 6.67 Å². The van der Waals surface area contributed by atoms with Gasteiger partial charge in [0.05, 0.1) is 33.5 Å². The van der Waals surface area contributed by atoms with Crippen molar-refractivity contribution < 1.29 is 4.74 Å². The highest BCUT2D eigenvalue weighted by Crippen LogP contribution is 2.59. The lowest BCUT2D eigenvalue weighted by molar-refractivity contribution is 0.482. The minimum absolute atomic E-state index is 0.0394. The Balaban J connectivity index is 0.978. The Bertz CT molecular complexity index is 4780. The summed E-state index contributed by atoms with van der Waals surface area (Å²) in [6.45, 7) is 21.2. The molecule has 2 aromatic heterocycles. The number of fused-ring (bicyclic) bond motifs is 7. The summed E-state index contributed by atoms with van der Waals surface area (Å²) in [5.41, 5.74) is 23.6. The fraction of sp³-hybridized carbons (Fsp3) is 0.165. The van der Waals surface area contributed by atoms with Crippen molar-refractivity contribution in [2.24, 2.45) is 0 Å². The lowest BCUT2D eigenvalue weighted by Gasteiger charge is -2.35. The Labute approximate surface area is 530 Å². The smallest absolute Gasteiger partial charge is 0.137 e. The number of para-hydroxylation sites is 3. The minimum Gasteiger partial charge on any atom is -0.457 e. The first kappa shape index (κ1) is 56.3. The minimum atomic E-state index is -0.742. The van der Waals surface area contributed by atoms with Crippen LogP contribution in [0.25, 0.3) is 72.1 Å². The molecule has 5 nitrogen and oxygen atoms in total. The molecule has 0 unspecified atom stereocenters. The summed E-state index contributed by atoms with van der Waals surface area (Å²) in [4.78, 5) is 10.2. The molecule has 11 aromatic carbocycles. The van der Waals surface area contributed by atoms with E-state index in [1.165, 1.54) is 72.4 Å². The zero-order valence-electron chi connectivity index (χ0n) is 52.9. The number of pyridine rings is 1. The molecule has 1 aliphatic heterocycles. The van der Waals surface area contributed by atoms with Crippen LogP contribution >= 0.6 is 0 Å². The lowest BCUT2D eigenvalue weighted by atomic mass is 9.67. The maximum atomic E-state index is 7.61. The van der Waals surface area contributed by atoms with E-state index in [1.807, 2.05) is 6.20 Å². The zero-order chi connectivity index (χ0) is 61.7. The summed E-state index contributed by atoms with van der Waals surface area (Å²) in [7, 11) is 0. The van der Waals surface area contributed by atoms with Crippen LogP contribution in [0.3, 0.4) is 0 Å². The summed E-state index contributed by atoms with van der Waals surface area (Å²) in [5.74, 6) is 2.32. The molecule has 2 aliphatic rings. The van der Waals surface area contributed by atoms with Crippen LogP contribution in [0.4, 0.5) is 22.7 Å². The van der Waals surface area contributed by atoms with E-state index in [0.717, 1.165) is 72.9 Å². The maximum absolute atomic E-state index is 7.61. The normalized spacial score (nSPS) is 13.6. The van der Waals surface area contributed by atoms with Crippen LogP contribution in [0.5, 0.6) is 11.5 Å². The fourth-order valence-corrected chi connectivity index (χ4v) is 14.3. The van der Waals surface area contributed by atoms with Crippen molar-refractivity contribution in [3.05, 3.63) is 312 Å². The van der Waals surface area contributed by atoms with Gasteiger partial charge in [0.1, 0.15) is 24.0 Å². The van der Waals surface area contributed by atoms with E-state index in [1.54, 1.807) is 0 Å². The summed E-state index contributed by atoms with van der Waals surface area (Å²) in [6.07, 6.45) is 1.96.